The highest BCUT2D eigenvalue weighted by Crippen LogP contribution is 2.26. The van der Waals surface area contributed by atoms with Gasteiger partial charge in [-0.1, -0.05) is 29.3 Å². The number of aryl methyl sites for hydroxylation is 1. The van der Waals surface area contributed by atoms with Crippen molar-refractivity contribution in [2.75, 3.05) is 6.61 Å². The number of carbonyl (C=O) groups is 1. The number of halogens is 1. The van der Waals surface area contributed by atoms with Gasteiger partial charge in [0.05, 0.1) is 12.6 Å². The van der Waals surface area contributed by atoms with Gasteiger partial charge in [-0.05, 0) is 39.0 Å². The molecule has 1 N–H and O–H groups in total. The second kappa shape index (κ2) is 7.27. The molecule has 1 unspecified atom stereocenters. The van der Waals surface area contributed by atoms with Crippen molar-refractivity contribution in [2.45, 2.75) is 26.8 Å². The molecule has 1 amide bonds. The number of hydrogen-bond donors (Lipinski definition) is 1. The molecule has 0 spiro atoms. The summed E-state index contributed by atoms with van der Waals surface area (Å²) in [5.41, 5.74) is 2.55. The van der Waals surface area contributed by atoms with Gasteiger partial charge in [0.25, 0.3) is 5.91 Å². The number of ether oxygens (including phenoxy) is 1. The number of benzene rings is 1. The van der Waals surface area contributed by atoms with Gasteiger partial charge in [0, 0.05) is 17.3 Å². The van der Waals surface area contributed by atoms with Gasteiger partial charge in [-0.15, -0.1) is 0 Å². The lowest BCUT2D eigenvalue weighted by atomic mass is 10.0. The first kappa shape index (κ1) is 16.3. The smallest absolute Gasteiger partial charge is 0.251 e. The Morgan fingerprint density at radius 1 is 1.36 bits per heavy atom. The summed E-state index contributed by atoms with van der Waals surface area (Å²) in [6.45, 7) is 6.46. The third-order valence-corrected chi connectivity index (χ3v) is 3.47. The molecule has 0 saturated heterocycles. The normalized spacial score (nSPS) is 11.8. The van der Waals surface area contributed by atoms with Crippen molar-refractivity contribution in [1.82, 2.24) is 10.3 Å². The van der Waals surface area contributed by atoms with Gasteiger partial charge in [-0.25, -0.2) is 4.98 Å². The molecule has 0 bridgehead atoms. The van der Waals surface area contributed by atoms with Gasteiger partial charge in [-0.2, -0.15) is 0 Å². The maximum atomic E-state index is 12.3. The number of pyridine rings is 1. The summed E-state index contributed by atoms with van der Waals surface area (Å²) in [6.07, 6.45) is 1.51. The molecule has 1 heterocycles. The van der Waals surface area contributed by atoms with E-state index < -0.39 is 0 Å². The molecule has 0 radical (unpaired) electrons. The van der Waals surface area contributed by atoms with E-state index in [0.717, 1.165) is 16.9 Å². The SMILES string of the molecule is CCOc1ccc(C)cc1C(C)NC(=O)c1ccnc(Cl)c1. The Morgan fingerprint density at radius 3 is 2.82 bits per heavy atom. The molecular weight excluding hydrogens is 300 g/mol. The lowest BCUT2D eigenvalue weighted by molar-refractivity contribution is 0.0939. The van der Waals surface area contributed by atoms with E-state index in [4.69, 9.17) is 16.3 Å². The van der Waals surface area contributed by atoms with E-state index in [1.807, 2.05) is 39.0 Å². The molecule has 1 aromatic carbocycles. The topological polar surface area (TPSA) is 51.2 Å². The van der Waals surface area contributed by atoms with Crippen molar-refractivity contribution in [1.29, 1.82) is 0 Å². The van der Waals surface area contributed by atoms with E-state index in [-0.39, 0.29) is 11.9 Å². The molecule has 0 saturated carbocycles. The largest absolute Gasteiger partial charge is 0.494 e. The molecule has 1 atom stereocenters. The van der Waals surface area contributed by atoms with Gasteiger partial charge in [-0.3, -0.25) is 4.79 Å². The Bertz CT molecular complexity index is 673. The average Bonchev–Trinajstić information content (AvgIpc) is 2.49. The first-order chi connectivity index (χ1) is 10.5. The molecule has 0 aliphatic heterocycles. The van der Waals surface area contributed by atoms with Crippen LogP contribution in [0.25, 0.3) is 0 Å². The zero-order valence-electron chi connectivity index (χ0n) is 12.9. The number of rotatable bonds is 5. The van der Waals surface area contributed by atoms with Crippen LogP contribution in [0.4, 0.5) is 0 Å². The Labute approximate surface area is 135 Å². The molecule has 5 heteroatoms. The zero-order valence-corrected chi connectivity index (χ0v) is 13.6. The van der Waals surface area contributed by atoms with Crippen LogP contribution in [-0.2, 0) is 0 Å². The highest BCUT2D eigenvalue weighted by molar-refractivity contribution is 6.29. The van der Waals surface area contributed by atoms with Crippen LogP contribution in [-0.4, -0.2) is 17.5 Å². The maximum Gasteiger partial charge on any atom is 0.251 e. The van der Waals surface area contributed by atoms with Gasteiger partial charge < -0.3 is 10.1 Å². The van der Waals surface area contributed by atoms with E-state index in [1.165, 1.54) is 6.20 Å². The van der Waals surface area contributed by atoms with E-state index >= 15 is 0 Å². The van der Waals surface area contributed by atoms with Crippen LogP contribution < -0.4 is 10.1 Å². The Hall–Kier alpha value is -2.07. The molecule has 116 valence electrons. The molecule has 22 heavy (non-hydrogen) atoms. The predicted molar refractivity (Wildman–Crippen MR) is 87.5 cm³/mol. The van der Waals surface area contributed by atoms with Gasteiger partial charge in [0.15, 0.2) is 0 Å². The van der Waals surface area contributed by atoms with Crippen molar-refractivity contribution in [2.24, 2.45) is 0 Å². The number of hydrogen-bond acceptors (Lipinski definition) is 3. The highest BCUT2D eigenvalue weighted by atomic mass is 35.5. The Balaban J connectivity index is 2.20. The quantitative estimate of drug-likeness (QED) is 0.850. The minimum Gasteiger partial charge on any atom is -0.494 e. The maximum absolute atomic E-state index is 12.3. The summed E-state index contributed by atoms with van der Waals surface area (Å²) < 4.78 is 5.64. The minimum absolute atomic E-state index is 0.180. The lowest BCUT2D eigenvalue weighted by Crippen LogP contribution is -2.27. The summed E-state index contributed by atoms with van der Waals surface area (Å²) in [5, 5.41) is 3.26. The van der Waals surface area contributed by atoms with Crippen LogP contribution in [0.15, 0.2) is 36.5 Å². The van der Waals surface area contributed by atoms with Crippen LogP contribution in [0.1, 0.15) is 41.4 Å². The van der Waals surface area contributed by atoms with Gasteiger partial charge in [0.2, 0.25) is 0 Å². The highest BCUT2D eigenvalue weighted by Gasteiger charge is 2.16. The molecular formula is C17H19ClN2O2. The number of amides is 1. The van der Waals surface area contributed by atoms with Crippen LogP contribution in [0, 0.1) is 6.92 Å². The van der Waals surface area contributed by atoms with E-state index in [0.29, 0.717) is 17.3 Å². The standard InChI is InChI=1S/C17H19ClN2O2/c1-4-22-15-6-5-11(2)9-14(15)12(3)20-17(21)13-7-8-19-16(18)10-13/h5-10,12H,4H2,1-3H3,(H,20,21). The minimum atomic E-state index is -0.194. The van der Waals surface area contributed by atoms with Crippen LogP contribution in [0.2, 0.25) is 5.15 Å². The van der Waals surface area contributed by atoms with E-state index in [9.17, 15) is 4.79 Å². The van der Waals surface area contributed by atoms with E-state index in [1.54, 1.807) is 12.1 Å². The monoisotopic (exact) mass is 318 g/mol. The molecule has 0 fully saturated rings. The average molecular weight is 319 g/mol. The fourth-order valence-corrected chi connectivity index (χ4v) is 2.37. The molecule has 2 aromatic rings. The second-order valence-electron chi connectivity index (χ2n) is 5.04. The molecule has 0 aliphatic rings. The second-order valence-corrected chi connectivity index (χ2v) is 5.42. The van der Waals surface area contributed by atoms with Crippen molar-refractivity contribution in [3.8, 4) is 5.75 Å². The summed E-state index contributed by atoms with van der Waals surface area (Å²) in [4.78, 5) is 16.2. The van der Waals surface area contributed by atoms with Crippen LogP contribution in [0.5, 0.6) is 5.75 Å². The number of nitrogens with zero attached hydrogens (tertiary/aromatic N) is 1. The van der Waals surface area contributed by atoms with Crippen LogP contribution in [0.3, 0.4) is 0 Å². The Kier molecular flexibility index (Phi) is 5.39. The predicted octanol–water partition coefficient (Wildman–Crippen LogP) is 3.93. The molecule has 4 nitrogen and oxygen atoms in total. The molecule has 2 rings (SSSR count). The van der Waals surface area contributed by atoms with Crippen molar-refractivity contribution in [3.63, 3.8) is 0 Å². The first-order valence-electron chi connectivity index (χ1n) is 7.17. The van der Waals surface area contributed by atoms with Crippen molar-refractivity contribution >= 4 is 17.5 Å². The van der Waals surface area contributed by atoms with Crippen LogP contribution >= 0.6 is 11.6 Å². The number of nitrogens with one attached hydrogen (secondary N) is 1. The summed E-state index contributed by atoms with van der Waals surface area (Å²) in [7, 11) is 0. The number of carbonyl (C=O) groups excluding carboxylic acids is 1. The van der Waals surface area contributed by atoms with Crippen molar-refractivity contribution < 1.29 is 9.53 Å². The van der Waals surface area contributed by atoms with Gasteiger partial charge >= 0.3 is 0 Å². The number of aromatic nitrogens is 1. The fourth-order valence-electron chi connectivity index (χ4n) is 2.19. The summed E-state index contributed by atoms with van der Waals surface area (Å²) in [6, 6.07) is 8.94. The van der Waals surface area contributed by atoms with E-state index in [2.05, 4.69) is 10.3 Å². The summed E-state index contributed by atoms with van der Waals surface area (Å²) in [5.74, 6) is 0.592. The lowest BCUT2D eigenvalue weighted by Gasteiger charge is -2.19. The molecule has 0 aliphatic carbocycles. The molecule has 1 aromatic heterocycles. The summed E-state index contributed by atoms with van der Waals surface area (Å²) >= 11 is 5.82. The zero-order chi connectivity index (χ0) is 16.1. The van der Waals surface area contributed by atoms with Crippen molar-refractivity contribution in [3.05, 3.63) is 58.4 Å². The third kappa shape index (κ3) is 3.98. The third-order valence-electron chi connectivity index (χ3n) is 3.27. The van der Waals surface area contributed by atoms with Gasteiger partial charge in [0.1, 0.15) is 10.9 Å². The fraction of sp³-hybridized carbons (Fsp3) is 0.294. The first-order valence-corrected chi connectivity index (χ1v) is 7.54. The Morgan fingerprint density at radius 2 is 2.14 bits per heavy atom.